The van der Waals surface area contributed by atoms with Gasteiger partial charge in [-0.05, 0) is 34.7 Å². The molecule has 1 atom stereocenters. The summed E-state index contributed by atoms with van der Waals surface area (Å²) in [5, 5.41) is 10.3. The Morgan fingerprint density at radius 3 is 1.90 bits per heavy atom. The Morgan fingerprint density at radius 1 is 0.900 bits per heavy atom. The van der Waals surface area contributed by atoms with E-state index in [4.69, 9.17) is 4.74 Å². The van der Waals surface area contributed by atoms with Gasteiger partial charge in [0.05, 0.1) is 13.2 Å². The van der Waals surface area contributed by atoms with E-state index in [1.807, 2.05) is 78.9 Å². The maximum Gasteiger partial charge on any atom is 0.411 e. The molecule has 4 rings (SSSR count). The van der Waals surface area contributed by atoms with Crippen molar-refractivity contribution in [2.45, 2.75) is 24.9 Å². The summed E-state index contributed by atoms with van der Waals surface area (Å²) in [6, 6.07) is 24.4. The first-order valence-electron chi connectivity index (χ1n) is 9.80. The number of carbonyl (C=O) groups excluding carboxylic acids is 1. The third kappa shape index (κ3) is 3.12. The zero-order chi connectivity index (χ0) is 21.3. The molecule has 0 bridgehead atoms. The van der Waals surface area contributed by atoms with E-state index < -0.39 is 23.6 Å². The predicted molar refractivity (Wildman–Crippen MR) is 114 cm³/mol. The molecule has 0 heterocycles. The van der Waals surface area contributed by atoms with Crippen LogP contribution in [0, 0.1) is 0 Å². The number of fused-ring (bicyclic) bond motifs is 3. The van der Waals surface area contributed by atoms with Crippen molar-refractivity contribution < 1.29 is 19.4 Å². The molecule has 5 nitrogen and oxygen atoms in total. The summed E-state index contributed by atoms with van der Waals surface area (Å²) in [4.78, 5) is 27.1. The summed E-state index contributed by atoms with van der Waals surface area (Å²) >= 11 is 0. The van der Waals surface area contributed by atoms with E-state index in [0.29, 0.717) is 0 Å². The first-order valence-corrected chi connectivity index (χ1v) is 9.80. The van der Waals surface area contributed by atoms with Crippen LogP contribution in [0.25, 0.3) is 11.1 Å². The van der Waals surface area contributed by atoms with Gasteiger partial charge in [-0.2, -0.15) is 0 Å². The molecule has 1 N–H and O–H groups in total. The van der Waals surface area contributed by atoms with Gasteiger partial charge < -0.3 is 9.84 Å². The summed E-state index contributed by atoms with van der Waals surface area (Å²) in [5.74, 6) is -1.08. The lowest BCUT2D eigenvalue weighted by Crippen LogP contribution is -2.57. The lowest BCUT2D eigenvalue weighted by atomic mass is 9.88. The molecule has 0 saturated heterocycles. The normalized spacial score (nSPS) is 14.3. The molecular formula is C25H23NO4. The molecule has 0 radical (unpaired) electrons. The molecule has 1 amide bonds. The molecule has 1 aliphatic rings. The third-order valence-corrected chi connectivity index (χ3v) is 5.81. The van der Waals surface area contributed by atoms with Gasteiger partial charge >= 0.3 is 12.1 Å². The fraction of sp³-hybridized carbons (Fsp3) is 0.200. The van der Waals surface area contributed by atoms with Gasteiger partial charge in [0.2, 0.25) is 0 Å². The summed E-state index contributed by atoms with van der Waals surface area (Å²) in [5.41, 5.74) is 3.09. The van der Waals surface area contributed by atoms with E-state index in [-0.39, 0.29) is 6.42 Å². The van der Waals surface area contributed by atoms with Crippen molar-refractivity contribution in [2.24, 2.45) is 0 Å². The number of rotatable bonds is 5. The summed E-state index contributed by atoms with van der Waals surface area (Å²) < 4.78 is 5.11. The second-order valence-electron chi connectivity index (χ2n) is 7.66. The van der Waals surface area contributed by atoms with Crippen LogP contribution < -0.4 is 0 Å². The smallest absolute Gasteiger partial charge is 0.411 e. The molecular weight excluding hydrogens is 378 g/mol. The molecule has 0 aliphatic heterocycles. The van der Waals surface area contributed by atoms with Crippen molar-refractivity contribution in [3.63, 3.8) is 0 Å². The standard InChI is InChI=1S/C25H23NO4/c1-25(23(27)28,16-17-10-4-3-5-11-17)26(24(29)30-2)22-20-14-8-6-12-18(20)19-13-7-9-15-21(19)22/h3-15,22H,16H2,1-2H3,(H,27,28)/t25-/m0/s1. The average Bonchev–Trinajstić information content (AvgIpc) is 3.09. The largest absolute Gasteiger partial charge is 0.479 e. The van der Waals surface area contributed by atoms with Gasteiger partial charge in [-0.1, -0.05) is 78.9 Å². The summed E-state index contributed by atoms with van der Waals surface area (Å²) in [6.07, 6.45) is -0.522. The maximum atomic E-state index is 13.1. The fourth-order valence-electron chi connectivity index (χ4n) is 4.35. The van der Waals surface area contributed by atoms with Crippen LogP contribution in [-0.4, -0.2) is 34.7 Å². The second kappa shape index (κ2) is 7.67. The molecule has 0 fully saturated rings. The lowest BCUT2D eigenvalue weighted by Gasteiger charge is -2.41. The number of carboxylic acid groups (broad SMARTS) is 1. The minimum Gasteiger partial charge on any atom is -0.479 e. The molecule has 3 aromatic carbocycles. The van der Waals surface area contributed by atoms with E-state index in [1.54, 1.807) is 6.92 Å². The van der Waals surface area contributed by atoms with E-state index in [2.05, 4.69) is 0 Å². The molecule has 1 aliphatic carbocycles. The van der Waals surface area contributed by atoms with Gasteiger partial charge in [0.15, 0.2) is 0 Å². The van der Waals surface area contributed by atoms with E-state index in [0.717, 1.165) is 27.8 Å². The Labute approximate surface area is 175 Å². The number of hydrogen-bond acceptors (Lipinski definition) is 3. The highest BCUT2D eigenvalue weighted by atomic mass is 16.5. The Kier molecular flexibility index (Phi) is 5.04. The quantitative estimate of drug-likeness (QED) is 0.660. The van der Waals surface area contributed by atoms with Crippen molar-refractivity contribution in [2.75, 3.05) is 7.11 Å². The number of methoxy groups -OCH3 is 1. The molecule has 0 saturated carbocycles. The van der Waals surface area contributed by atoms with Crippen LogP contribution in [0.4, 0.5) is 4.79 Å². The zero-order valence-electron chi connectivity index (χ0n) is 16.9. The molecule has 152 valence electrons. The first kappa shape index (κ1) is 19.7. The van der Waals surface area contributed by atoms with Gasteiger partial charge in [-0.15, -0.1) is 0 Å². The average molecular weight is 401 g/mol. The molecule has 3 aromatic rings. The Balaban J connectivity index is 1.91. The van der Waals surface area contributed by atoms with Crippen molar-refractivity contribution >= 4 is 12.1 Å². The first-order chi connectivity index (χ1) is 14.5. The highest BCUT2D eigenvalue weighted by molar-refractivity contribution is 5.87. The number of ether oxygens (including phenoxy) is 1. The Bertz CT molecular complexity index is 1050. The number of nitrogens with zero attached hydrogens (tertiary/aromatic N) is 1. The summed E-state index contributed by atoms with van der Waals surface area (Å²) in [6.45, 7) is 1.59. The van der Waals surface area contributed by atoms with Crippen LogP contribution in [0.2, 0.25) is 0 Å². The van der Waals surface area contributed by atoms with Gasteiger partial charge in [-0.25, -0.2) is 9.59 Å². The fourth-order valence-corrected chi connectivity index (χ4v) is 4.35. The molecule has 5 heteroatoms. The number of carbonyl (C=O) groups is 2. The highest BCUT2D eigenvalue weighted by Crippen LogP contribution is 2.48. The van der Waals surface area contributed by atoms with Gasteiger partial charge in [-0.3, -0.25) is 4.90 Å². The van der Waals surface area contributed by atoms with Crippen LogP contribution in [0.15, 0.2) is 78.9 Å². The van der Waals surface area contributed by atoms with Crippen molar-refractivity contribution in [3.05, 3.63) is 95.6 Å². The van der Waals surface area contributed by atoms with Crippen LogP contribution in [0.1, 0.15) is 29.7 Å². The van der Waals surface area contributed by atoms with Crippen molar-refractivity contribution in [1.29, 1.82) is 0 Å². The molecule has 30 heavy (non-hydrogen) atoms. The summed E-state index contributed by atoms with van der Waals surface area (Å²) in [7, 11) is 1.28. The zero-order valence-corrected chi connectivity index (χ0v) is 16.9. The van der Waals surface area contributed by atoms with Gasteiger partial charge in [0, 0.05) is 6.42 Å². The molecule has 0 aromatic heterocycles. The topological polar surface area (TPSA) is 66.8 Å². The predicted octanol–water partition coefficient (Wildman–Crippen LogP) is 4.91. The van der Waals surface area contributed by atoms with E-state index in [1.165, 1.54) is 12.0 Å². The number of amides is 1. The van der Waals surface area contributed by atoms with Gasteiger partial charge in [0.1, 0.15) is 5.54 Å². The molecule has 0 spiro atoms. The SMILES string of the molecule is COC(=O)N(C1c2ccccc2-c2ccccc21)[C@@](C)(Cc1ccccc1)C(=O)O. The number of hydrogen-bond donors (Lipinski definition) is 1. The Morgan fingerprint density at radius 2 is 1.40 bits per heavy atom. The minimum atomic E-state index is -1.52. The Hall–Kier alpha value is -3.60. The monoisotopic (exact) mass is 401 g/mol. The van der Waals surface area contributed by atoms with Gasteiger partial charge in [0.25, 0.3) is 0 Å². The van der Waals surface area contributed by atoms with Crippen molar-refractivity contribution in [3.8, 4) is 11.1 Å². The minimum absolute atomic E-state index is 0.152. The highest BCUT2D eigenvalue weighted by Gasteiger charge is 2.49. The lowest BCUT2D eigenvalue weighted by molar-refractivity contribution is -0.150. The molecule has 0 unspecified atom stereocenters. The van der Waals surface area contributed by atoms with Crippen LogP contribution in [0.3, 0.4) is 0 Å². The maximum absolute atomic E-state index is 13.1. The van der Waals surface area contributed by atoms with E-state index in [9.17, 15) is 14.7 Å². The van der Waals surface area contributed by atoms with Crippen LogP contribution in [-0.2, 0) is 16.0 Å². The number of carboxylic acids is 1. The van der Waals surface area contributed by atoms with Crippen LogP contribution in [0.5, 0.6) is 0 Å². The second-order valence-corrected chi connectivity index (χ2v) is 7.66. The van der Waals surface area contributed by atoms with Crippen molar-refractivity contribution in [1.82, 2.24) is 4.90 Å². The number of benzene rings is 3. The third-order valence-electron chi connectivity index (χ3n) is 5.81. The van der Waals surface area contributed by atoms with Crippen LogP contribution >= 0.6 is 0 Å². The van der Waals surface area contributed by atoms with E-state index >= 15 is 0 Å². The number of aliphatic carboxylic acids is 1.